The molecular weight excluding hydrogens is 489 g/mol. The van der Waals surface area contributed by atoms with Crippen molar-refractivity contribution in [1.29, 1.82) is 0 Å². The lowest BCUT2D eigenvalue weighted by molar-refractivity contribution is -0.153. The maximum Gasteiger partial charge on any atom is 0.408 e. The van der Waals surface area contributed by atoms with E-state index in [1.54, 1.807) is 12.2 Å². The van der Waals surface area contributed by atoms with E-state index in [0.717, 1.165) is 22.9 Å². The second-order valence-corrected chi connectivity index (χ2v) is 8.26. The third-order valence-electron chi connectivity index (χ3n) is 5.81. The number of rotatable bonds is 5. The van der Waals surface area contributed by atoms with E-state index in [1.807, 2.05) is 0 Å². The molecule has 4 rings (SSSR count). The summed E-state index contributed by atoms with van der Waals surface area (Å²) in [6, 6.07) is 2.13. The normalized spacial score (nSPS) is 16.8. The van der Waals surface area contributed by atoms with E-state index in [-0.39, 0.29) is 28.6 Å². The molecule has 0 bridgehead atoms. The zero-order chi connectivity index (χ0) is 26.4. The molecule has 1 aliphatic rings. The van der Waals surface area contributed by atoms with E-state index in [4.69, 9.17) is 0 Å². The van der Waals surface area contributed by atoms with Crippen molar-refractivity contribution in [3.05, 3.63) is 63.9 Å². The van der Waals surface area contributed by atoms with Gasteiger partial charge in [0.05, 0.1) is 17.1 Å². The maximum atomic E-state index is 14.8. The molecule has 190 valence electrons. The Labute approximate surface area is 200 Å². The number of hydrogen-bond donors (Lipinski definition) is 2. The molecular formula is C23H20F5N5O3. The molecule has 1 saturated heterocycles. The van der Waals surface area contributed by atoms with Crippen molar-refractivity contribution in [2.75, 3.05) is 11.4 Å². The van der Waals surface area contributed by atoms with Crippen molar-refractivity contribution in [3.63, 3.8) is 0 Å². The molecule has 1 aliphatic heterocycles. The zero-order valence-corrected chi connectivity index (χ0v) is 19.0. The van der Waals surface area contributed by atoms with Gasteiger partial charge in [-0.3, -0.25) is 19.1 Å². The van der Waals surface area contributed by atoms with E-state index in [9.17, 15) is 36.3 Å². The van der Waals surface area contributed by atoms with Crippen molar-refractivity contribution in [3.8, 4) is 5.69 Å². The number of hydrogen-bond acceptors (Lipinski definition) is 4. The van der Waals surface area contributed by atoms with Crippen LogP contribution < -0.4 is 21.0 Å². The number of alkyl halides is 3. The number of urea groups is 1. The standard InChI is InChI=1S/C23H20F5N5O3/c1-3-17(23(26,27)28)30-21(35)14-10-32(16-6-4-12(24)8-15(16)25)20-13(19(14)34)5-7-18(31-20)33-11(2)9-29-22(33)36/h4-8,10-11,17H,3,9H2,1-2H3,(H,29,36)(H,30,35)/t11?,17-/m1/s1. The average molecular weight is 509 g/mol. The first kappa shape index (κ1) is 25.1. The fraction of sp³-hybridized carbons (Fsp3) is 0.304. The monoisotopic (exact) mass is 509 g/mol. The summed E-state index contributed by atoms with van der Waals surface area (Å²) < 4.78 is 68.9. The van der Waals surface area contributed by atoms with Crippen LogP contribution in [0.2, 0.25) is 0 Å². The number of aromatic nitrogens is 2. The summed E-state index contributed by atoms with van der Waals surface area (Å²) in [6.07, 6.45) is -4.39. The van der Waals surface area contributed by atoms with Crippen molar-refractivity contribution in [2.45, 2.75) is 38.5 Å². The number of benzene rings is 1. The molecule has 2 N–H and O–H groups in total. The smallest absolute Gasteiger partial charge is 0.340 e. The highest BCUT2D eigenvalue weighted by Crippen LogP contribution is 2.26. The molecule has 0 radical (unpaired) electrons. The van der Waals surface area contributed by atoms with E-state index in [0.29, 0.717) is 12.6 Å². The molecule has 1 fully saturated rings. The quantitative estimate of drug-likeness (QED) is 0.514. The van der Waals surface area contributed by atoms with Gasteiger partial charge in [-0.05, 0) is 37.6 Å². The maximum absolute atomic E-state index is 14.8. The Kier molecular flexibility index (Phi) is 6.41. The number of amides is 3. The van der Waals surface area contributed by atoms with Gasteiger partial charge in [-0.15, -0.1) is 0 Å². The Morgan fingerprint density at radius 3 is 2.53 bits per heavy atom. The minimum atomic E-state index is -4.76. The lowest BCUT2D eigenvalue weighted by atomic mass is 10.1. The van der Waals surface area contributed by atoms with Gasteiger partial charge in [0.2, 0.25) is 5.43 Å². The lowest BCUT2D eigenvalue weighted by Gasteiger charge is -2.21. The molecule has 3 aromatic rings. The third-order valence-corrected chi connectivity index (χ3v) is 5.81. The van der Waals surface area contributed by atoms with E-state index >= 15 is 0 Å². The molecule has 8 nitrogen and oxygen atoms in total. The zero-order valence-electron chi connectivity index (χ0n) is 19.0. The van der Waals surface area contributed by atoms with Crippen LogP contribution in [0.25, 0.3) is 16.7 Å². The fourth-order valence-corrected chi connectivity index (χ4v) is 3.94. The largest absolute Gasteiger partial charge is 0.408 e. The van der Waals surface area contributed by atoms with Crippen molar-refractivity contribution < 1.29 is 31.5 Å². The highest BCUT2D eigenvalue weighted by atomic mass is 19.4. The topological polar surface area (TPSA) is 96.3 Å². The Morgan fingerprint density at radius 2 is 1.94 bits per heavy atom. The van der Waals surface area contributed by atoms with Crippen molar-refractivity contribution in [2.24, 2.45) is 0 Å². The van der Waals surface area contributed by atoms with Gasteiger partial charge in [0.1, 0.15) is 29.1 Å². The second-order valence-electron chi connectivity index (χ2n) is 8.26. The Bertz CT molecular complexity index is 1420. The molecule has 36 heavy (non-hydrogen) atoms. The summed E-state index contributed by atoms with van der Waals surface area (Å²) in [5.74, 6) is -3.18. The van der Waals surface area contributed by atoms with Crippen LogP contribution >= 0.6 is 0 Å². The summed E-state index contributed by atoms with van der Waals surface area (Å²) in [6.45, 7) is 3.29. The minimum absolute atomic E-state index is 0.112. The number of fused-ring (bicyclic) bond motifs is 1. The Hall–Kier alpha value is -4.03. The SMILES string of the molecule is CC[C@@H](NC(=O)c1cn(-c2ccc(F)cc2F)c2nc(N3C(=O)NCC3C)ccc2c1=O)C(F)(F)F. The van der Waals surface area contributed by atoms with Crippen LogP contribution in [0.15, 0.2) is 41.3 Å². The average Bonchev–Trinajstić information content (AvgIpc) is 3.14. The van der Waals surface area contributed by atoms with Gasteiger partial charge in [-0.25, -0.2) is 18.6 Å². The summed E-state index contributed by atoms with van der Waals surface area (Å²) in [5, 5.41) is 4.20. The fourth-order valence-electron chi connectivity index (χ4n) is 3.94. The van der Waals surface area contributed by atoms with Gasteiger partial charge in [0, 0.05) is 18.8 Å². The van der Waals surface area contributed by atoms with Gasteiger partial charge in [0.25, 0.3) is 5.91 Å². The number of pyridine rings is 2. The Morgan fingerprint density at radius 1 is 1.22 bits per heavy atom. The minimum Gasteiger partial charge on any atom is -0.340 e. The van der Waals surface area contributed by atoms with Gasteiger partial charge in [0.15, 0.2) is 5.65 Å². The van der Waals surface area contributed by atoms with Gasteiger partial charge >= 0.3 is 12.2 Å². The Balaban J connectivity index is 1.94. The van der Waals surface area contributed by atoms with Crippen LogP contribution in [-0.2, 0) is 0 Å². The molecule has 0 aliphatic carbocycles. The first-order valence-corrected chi connectivity index (χ1v) is 10.9. The second kappa shape index (κ2) is 9.21. The predicted octanol–water partition coefficient (Wildman–Crippen LogP) is 3.65. The molecule has 0 spiro atoms. The first-order valence-electron chi connectivity index (χ1n) is 10.9. The summed E-state index contributed by atoms with van der Waals surface area (Å²) >= 11 is 0. The lowest BCUT2D eigenvalue weighted by Crippen LogP contribution is -2.46. The number of carbonyl (C=O) groups is 2. The number of anilines is 1. The van der Waals surface area contributed by atoms with Gasteiger partial charge in [-0.2, -0.15) is 13.2 Å². The highest BCUT2D eigenvalue weighted by Gasteiger charge is 2.40. The van der Waals surface area contributed by atoms with Crippen molar-refractivity contribution in [1.82, 2.24) is 20.2 Å². The van der Waals surface area contributed by atoms with Crippen LogP contribution in [0.1, 0.15) is 30.6 Å². The molecule has 1 aromatic carbocycles. The predicted molar refractivity (Wildman–Crippen MR) is 120 cm³/mol. The summed E-state index contributed by atoms with van der Waals surface area (Å²) in [5.41, 5.74) is -2.15. The van der Waals surface area contributed by atoms with Crippen LogP contribution in [0.4, 0.5) is 32.6 Å². The van der Waals surface area contributed by atoms with Crippen LogP contribution in [0.5, 0.6) is 0 Å². The molecule has 0 saturated carbocycles. The van der Waals surface area contributed by atoms with E-state index < -0.39 is 53.2 Å². The first-order chi connectivity index (χ1) is 16.9. The van der Waals surface area contributed by atoms with E-state index in [2.05, 4.69) is 10.3 Å². The number of nitrogens with zero attached hydrogens (tertiary/aromatic N) is 3. The third kappa shape index (κ3) is 4.48. The molecule has 13 heteroatoms. The number of nitrogens with one attached hydrogen (secondary N) is 2. The molecule has 2 aromatic heterocycles. The van der Waals surface area contributed by atoms with Crippen LogP contribution in [0.3, 0.4) is 0 Å². The molecule has 3 heterocycles. The highest BCUT2D eigenvalue weighted by molar-refractivity contribution is 5.98. The van der Waals surface area contributed by atoms with Crippen molar-refractivity contribution >= 4 is 28.8 Å². The van der Waals surface area contributed by atoms with Gasteiger partial charge < -0.3 is 10.6 Å². The molecule has 1 unspecified atom stereocenters. The summed E-state index contributed by atoms with van der Waals surface area (Å²) in [4.78, 5) is 43.8. The van der Waals surface area contributed by atoms with Gasteiger partial charge in [-0.1, -0.05) is 6.92 Å². The van der Waals surface area contributed by atoms with E-state index in [1.165, 1.54) is 24.0 Å². The van der Waals surface area contributed by atoms with Crippen LogP contribution in [0, 0.1) is 11.6 Å². The number of carbonyl (C=O) groups excluding carboxylic acids is 2. The van der Waals surface area contributed by atoms with Crippen LogP contribution in [-0.4, -0.2) is 46.3 Å². The molecule has 3 amide bonds. The summed E-state index contributed by atoms with van der Waals surface area (Å²) in [7, 11) is 0. The molecule has 2 atom stereocenters. The number of halogens is 5.